The SMILES string of the molecule is CCOP(=O)(OCC)C(=C/N(C)C)/N=C/c1ccc(C)cc1. The number of rotatable bonds is 8. The molecule has 0 radical (unpaired) electrons. The topological polar surface area (TPSA) is 51.1 Å². The number of benzene rings is 1. The minimum atomic E-state index is -3.41. The molecule has 0 N–H and O–H groups in total. The Morgan fingerprint density at radius 1 is 1.18 bits per heavy atom. The lowest BCUT2D eigenvalue weighted by Gasteiger charge is -2.18. The summed E-state index contributed by atoms with van der Waals surface area (Å²) in [5.41, 5.74) is 2.40. The summed E-state index contributed by atoms with van der Waals surface area (Å²) in [5, 5.41) is 0. The maximum Gasteiger partial charge on any atom is 0.381 e. The van der Waals surface area contributed by atoms with Gasteiger partial charge in [-0.1, -0.05) is 29.8 Å². The van der Waals surface area contributed by atoms with Crippen LogP contribution in [-0.2, 0) is 13.6 Å². The van der Waals surface area contributed by atoms with Gasteiger partial charge < -0.3 is 13.9 Å². The molecule has 0 amide bonds. The van der Waals surface area contributed by atoms with Gasteiger partial charge in [0.05, 0.1) is 13.2 Å². The lowest BCUT2D eigenvalue weighted by Crippen LogP contribution is -2.05. The van der Waals surface area contributed by atoms with E-state index in [1.807, 2.05) is 45.3 Å². The molecule has 0 saturated carbocycles. The van der Waals surface area contributed by atoms with Crippen LogP contribution in [-0.4, -0.2) is 38.4 Å². The molecule has 0 heterocycles. The van der Waals surface area contributed by atoms with Crippen LogP contribution in [0.4, 0.5) is 0 Å². The largest absolute Gasteiger partial charge is 0.381 e. The number of nitrogens with zero attached hydrogens (tertiary/aromatic N) is 2. The van der Waals surface area contributed by atoms with Crippen molar-refractivity contribution in [2.24, 2.45) is 4.99 Å². The highest BCUT2D eigenvalue weighted by Gasteiger charge is 2.29. The third kappa shape index (κ3) is 5.76. The van der Waals surface area contributed by atoms with Gasteiger partial charge in [-0.15, -0.1) is 0 Å². The Balaban J connectivity index is 3.12. The maximum absolute atomic E-state index is 12.9. The summed E-state index contributed by atoms with van der Waals surface area (Å²) in [6.07, 6.45) is 3.33. The summed E-state index contributed by atoms with van der Waals surface area (Å²) >= 11 is 0. The van der Waals surface area contributed by atoms with Gasteiger partial charge >= 0.3 is 7.60 Å². The fourth-order valence-corrected chi connectivity index (χ4v) is 3.30. The van der Waals surface area contributed by atoms with Gasteiger partial charge in [-0.2, -0.15) is 0 Å². The van der Waals surface area contributed by atoms with E-state index in [2.05, 4.69) is 4.99 Å². The maximum atomic E-state index is 12.9. The summed E-state index contributed by atoms with van der Waals surface area (Å²) in [4.78, 5) is 6.12. The molecule has 0 atom stereocenters. The summed E-state index contributed by atoms with van der Waals surface area (Å²) in [6.45, 7) is 6.17. The average Bonchev–Trinajstić information content (AvgIpc) is 2.45. The van der Waals surface area contributed by atoms with Crippen molar-refractivity contribution in [3.63, 3.8) is 0 Å². The first kappa shape index (κ1) is 18.6. The fourth-order valence-electron chi connectivity index (χ4n) is 1.71. The average molecular weight is 324 g/mol. The van der Waals surface area contributed by atoms with Crippen LogP contribution in [0.15, 0.2) is 40.9 Å². The predicted octanol–water partition coefficient (Wildman–Crippen LogP) is 4.04. The van der Waals surface area contributed by atoms with Crippen molar-refractivity contribution in [2.75, 3.05) is 27.3 Å². The Kier molecular flexibility index (Phi) is 7.52. The Morgan fingerprint density at radius 2 is 1.73 bits per heavy atom. The van der Waals surface area contributed by atoms with E-state index in [1.54, 1.807) is 31.2 Å². The zero-order valence-corrected chi connectivity index (χ0v) is 14.8. The molecule has 0 aliphatic rings. The van der Waals surface area contributed by atoms with Crippen molar-refractivity contribution in [2.45, 2.75) is 20.8 Å². The monoisotopic (exact) mass is 324 g/mol. The molecule has 0 aliphatic heterocycles. The minimum Gasteiger partial charge on any atom is -0.381 e. The summed E-state index contributed by atoms with van der Waals surface area (Å²) < 4.78 is 23.6. The van der Waals surface area contributed by atoms with Crippen LogP contribution in [0.5, 0.6) is 0 Å². The molecule has 5 nitrogen and oxygen atoms in total. The standard InChI is InChI=1S/C16H25N2O3P/c1-6-20-22(19,21-7-2)16(13-18(4)5)17-12-15-10-8-14(3)9-11-15/h8-13H,6-7H2,1-5H3/b16-13+,17-12+. The van der Waals surface area contributed by atoms with Crippen LogP contribution in [0, 0.1) is 6.92 Å². The van der Waals surface area contributed by atoms with E-state index in [4.69, 9.17) is 9.05 Å². The molecule has 22 heavy (non-hydrogen) atoms. The molecule has 0 unspecified atom stereocenters. The van der Waals surface area contributed by atoms with Gasteiger partial charge in [0, 0.05) is 26.5 Å². The molecule has 0 saturated heterocycles. The van der Waals surface area contributed by atoms with E-state index < -0.39 is 7.60 Å². The second kappa shape index (κ2) is 8.89. The molecule has 0 aromatic heterocycles. The van der Waals surface area contributed by atoms with Crippen LogP contribution in [0.1, 0.15) is 25.0 Å². The van der Waals surface area contributed by atoms with Gasteiger partial charge in [0.25, 0.3) is 0 Å². The van der Waals surface area contributed by atoms with Crippen LogP contribution < -0.4 is 0 Å². The summed E-state index contributed by atoms with van der Waals surface area (Å²) in [6, 6.07) is 7.92. The quantitative estimate of drug-likeness (QED) is 0.535. The Hall–Kier alpha value is -1.42. The Bertz CT molecular complexity index is 555. The molecule has 1 rings (SSSR count). The smallest absolute Gasteiger partial charge is 0.381 e. The van der Waals surface area contributed by atoms with E-state index in [0.29, 0.717) is 18.7 Å². The van der Waals surface area contributed by atoms with Crippen molar-refractivity contribution in [1.82, 2.24) is 4.90 Å². The van der Waals surface area contributed by atoms with Crippen LogP contribution in [0.2, 0.25) is 0 Å². The van der Waals surface area contributed by atoms with E-state index in [1.165, 1.54) is 5.56 Å². The van der Waals surface area contributed by atoms with Crippen molar-refractivity contribution in [3.05, 3.63) is 47.0 Å². The first-order valence-corrected chi connectivity index (χ1v) is 8.84. The normalized spacial score (nSPS) is 12.9. The Morgan fingerprint density at radius 3 is 2.18 bits per heavy atom. The summed E-state index contributed by atoms with van der Waals surface area (Å²) in [7, 11) is 0.266. The molecule has 1 aromatic carbocycles. The minimum absolute atomic E-state index is 0.293. The van der Waals surface area contributed by atoms with Crippen LogP contribution >= 0.6 is 7.60 Å². The lowest BCUT2D eigenvalue weighted by molar-refractivity contribution is 0.225. The van der Waals surface area contributed by atoms with Crippen molar-refractivity contribution < 1.29 is 13.6 Å². The summed E-state index contributed by atoms with van der Waals surface area (Å²) in [5.74, 6) is 0. The number of hydrogen-bond donors (Lipinski definition) is 0. The molecule has 0 aliphatic carbocycles. The molecule has 1 aromatic rings. The highest BCUT2D eigenvalue weighted by Crippen LogP contribution is 2.56. The third-order valence-electron chi connectivity index (χ3n) is 2.68. The molecule has 6 heteroatoms. The highest BCUT2D eigenvalue weighted by molar-refractivity contribution is 7.58. The molecule has 0 spiro atoms. The molecule has 0 bridgehead atoms. The van der Waals surface area contributed by atoms with E-state index >= 15 is 0 Å². The number of aliphatic imine (C=N–C) groups is 1. The second-order valence-electron chi connectivity index (χ2n) is 4.95. The van der Waals surface area contributed by atoms with Gasteiger partial charge in [0.1, 0.15) is 0 Å². The number of aryl methyl sites for hydroxylation is 1. The molecular weight excluding hydrogens is 299 g/mol. The Labute approximate surface area is 133 Å². The third-order valence-corrected chi connectivity index (χ3v) is 4.66. The molecular formula is C16H25N2O3P. The molecule has 0 fully saturated rings. The lowest BCUT2D eigenvalue weighted by atomic mass is 10.2. The van der Waals surface area contributed by atoms with E-state index in [9.17, 15) is 4.57 Å². The van der Waals surface area contributed by atoms with Gasteiger partial charge in [0.2, 0.25) is 0 Å². The van der Waals surface area contributed by atoms with Crippen LogP contribution in [0.25, 0.3) is 0 Å². The zero-order chi connectivity index (χ0) is 16.6. The van der Waals surface area contributed by atoms with Crippen molar-refractivity contribution in [1.29, 1.82) is 0 Å². The molecule has 122 valence electrons. The van der Waals surface area contributed by atoms with Gasteiger partial charge in [-0.3, -0.25) is 4.57 Å². The van der Waals surface area contributed by atoms with Gasteiger partial charge in [-0.25, -0.2) is 4.99 Å². The van der Waals surface area contributed by atoms with Gasteiger partial charge in [0.15, 0.2) is 5.44 Å². The van der Waals surface area contributed by atoms with Crippen molar-refractivity contribution >= 4 is 13.8 Å². The highest BCUT2D eigenvalue weighted by atomic mass is 31.2. The first-order chi connectivity index (χ1) is 10.4. The zero-order valence-electron chi connectivity index (χ0n) is 13.9. The van der Waals surface area contributed by atoms with Gasteiger partial charge in [-0.05, 0) is 26.3 Å². The van der Waals surface area contributed by atoms with Crippen molar-refractivity contribution in [3.8, 4) is 0 Å². The second-order valence-corrected chi connectivity index (χ2v) is 6.92. The van der Waals surface area contributed by atoms with Crippen LogP contribution in [0.3, 0.4) is 0 Å². The number of hydrogen-bond acceptors (Lipinski definition) is 5. The van der Waals surface area contributed by atoms with E-state index in [0.717, 1.165) is 5.56 Å². The fraction of sp³-hybridized carbons (Fsp3) is 0.438. The van der Waals surface area contributed by atoms with E-state index in [-0.39, 0.29) is 0 Å². The predicted molar refractivity (Wildman–Crippen MR) is 91.4 cm³/mol. The first-order valence-electron chi connectivity index (χ1n) is 7.30.